The van der Waals surface area contributed by atoms with Crippen LogP contribution in [0.15, 0.2) is 28.7 Å². The maximum absolute atomic E-state index is 3.57. The molecule has 0 radical (unpaired) electrons. The molecule has 0 aromatic heterocycles. The van der Waals surface area contributed by atoms with Gasteiger partial charge in [0.25, 0.3) is 0 Å². The number of benzene rings is 1. The average Bonchev–Trinajstić information content (AvgIpc) is 2.21. The number of nitrogens with one attached hydrogen (secondary N) is 1. The Balaban J connectivity index is 2.56. The van der Waals surface area contributed by atoms with Crippen LogP contribution in [0.4, 0.5) is 0 Å². The van der Waals surface area contributed by atoms with E-state index in [1.165, 1.54) is 12.0 Å². The standard InChI is InChI=1S/C14H22BrN/c1-4-16-14(9-11(2)3)10-12-5-7-13(15)8-6-12/h5-8,11,14,16H,4,9-10H2,1-3H3. The molecule has 90 valence electrons. The van der Waals surface area contributed by atoms with Crippen LogP contribution in [0.1, 0.15) is 32.8 Å². The summed E-state index contributed by atoms with van der Waals surface area (Å²) >= 11 is 3.47. The molecule has 0 aliphatic carbocycles. The Bertz CT molecular complexity index is 292. The van der Waals surface area contributed by atoms with Gasteiger partial charge in [-0.05, 0) is 43.0 Å². The van der Waals surface area contributed by atoms with E-state index in [1.54, 1.807) is 0 Å². The van der Waals surface area contributed by atoms with Crippen molar-refractivity contribution < 1.29 is 0 Å². The van der Waals surface area contributed by atoms with Crippen molar-refractivity contribution in [3.63, 3.8) is 0 Å². The molecule has 0 aliphatic heterocycles. The van der Waals surface area contributed by atoms with Crippen molar-refractivity contribution in [1.82, 2.24) is 5.32 Å². The summed E-state index contributed by atoms with van der Waals surface area (Å²) in [4.78, 5) is 0. The third-order valence-corrected chi connectivity index (χ3v) is 3.17. The lowest BCUT2D eigenvalue weighted by molar-refractivity contribution is 0.424. The van der Waals surface area contributed by atoms with Gasteiger partial charge in [0.05, 0.1) is 0 Å². The first-order chi connectivity index (χ1) is 7.61. The van der Waals surface area contributed by atoms with E-state index in [-0.39, 0.29) is 0 Å². The zero-order valence-electron chi connectivity index (χ0n) is 10.5. The Hall–Kier alpha value is -0.340. The molecule has 1 N–H and O–H groups in total. The summed E-state index contributed by atoms with van der Waals surface area (Å²) < 4.78 is 1.15. The molecule has 1 aromatic carbocycles. The predicted molar refractivity (Wildman–Crippen MR) is 74.8 cm³/mol. The minimum Gasteiger partial charge on any atom is -0.314 e. The summed E-state index contributed by atoms with van der Waals surface area (Å²) in [5.74, 6) is 0.750. The fraction of sp³-hybridized carbons (Fsp3) is 0.571. The summed E-state index contributed by atoms with van der Waals surface area (Å²) in [6, 6.07) is 9.25. The third kappa shape index (κ3) is 5.13. The van der Waals surface area contributed by atoms with Gasteiger partial charge in [0.15, 0.2) is 0 Å². The van der Waals surface area contributed by atoms with Crippen LogP contribution in [0.2, 0.25) is 0 Å². The molecule has 0 aliphatic rings. The molecule has 16 heavy (non-hydrogen) atoms. The van der Waals surface area contributed by atoms with Crippen LogP contribution in [0.3, 0.4) is 0 Å². The molecule has 0 amide bonds. The van der Waals surface area contributed by atoms with Crippen molar-refractivity contribution in [2.24, 2.45) is 5.92 Å². The second-order valence-electron chi connectivity index (χ2n) is 4.71. The number of likely N-dealkylation sites (N-methyl/N-ethyl adjacent to an activating group) is 1. The molecule has 2 heteroatoms. The Morgan fingerprint density at radius 3 is 2.31 bits per heavy atom. The molecule has 1 unspecified atom stereocenters. The van der Waals surface area contributed by atoms with E-state index >= 15 is 0 Å². The number of hydrogen-bond acceptors (Lipinski definition) is 1. The van der Waals surface area contributed by atoms with Gasteiger partial charge in [-0.1, -0.05) is 48.8 Å². The Labute approximate surface area is 108 Å². The minimum absolute atomic E-state index is 0.603. The van der Waals surface area contributed by atoms with Gasteiger partial charge in [-0.25, -0.2) is 0 Å². The van der Waals surface area contributed by atoms with Crippen LogP contribution >= 0.6 is 15.9 Å². The maximum atomic E-state index is 3.57. The highest BCUT2D eigenvalue weighted by Crippen LogP contribution is 2.14. The summed E-state index contributed by atoms with van der Waals surface area (Å²) in [6.45, 7) is 7.79. The van der Waals surface area contributed by atoms with Crippen LogP contribution < -0.4 is 5.32 Å². The van der Waals surface area contributed by atoms with Crippen molar-refractivity contribution in [2.75, 3.05) is 6.54 Å². The first-order valence-electron chi connectivity index (χ1n) is 6.09. The van der Waals surface area contributed by atoms with Gasteiger partial charge in [0.1, 0.15) is 0 Å². The smallest absolute Gasteiger partial charge is 0.0175 e. The van der Waals surface area contributed by atoms with Crippen LogP contribution in [-0.4, -0.2) is 12.6 Å². The van der Waals surface area contributed by atoms with E-state index in [0.29, 0.717) is 6.04 Å². The highest BCUT2D eigenvalue weighted by molar-refractivity contribution is 9.10. The number of hydrogen-bond donors (Lipinski definition) is 1. The number of rotatable bonds is 6. The first-order valence-corrected chi connectivity index (χ1v) is 6.89. The molecule has 1 aromatic rings. The molecule has 0 saturated carbocycles. The van der Waals surface area contributed by atoms with Gasteiger partial charge in [-0.3, -0.25) is 0 Å². The summed E-state index contributed by atoms with van der Waals surface area (Å²) in [5.41, 5.74) is 1.41. The van der Waals surface area contributed by atoms with Crippen molar-refractivity contribution in [3.05, 3.63) is 34.3 Å². The fourth-order valence-corrected chi connectivity index (χ4v) is 2.27. The second kappa shape index (κ2) is 7.08. The SMILES string of the molecule is CCNC(Cc1ccc(Br)cc1)CC(C)C. The largest absolute Gasteiger partial charge is 0.314 e. The molecular formula is C14H22BrN. The minimum atomic E-state index is 0.603. The van der Waals surface area contributed by atoms with Gasteiger partial charge in [0, 0.05) is 10.5 Å². The maximum Gasteiger partial charge on any atom is 0.0175 e. The Morgan fingerprint density at radius 1 is 1.19 bits per heavy atom. The fourth-order valence-electron chi connectivity index (χ4n) is 2.00. The molecule has 0 spiro atoms. The van der Waals surface area contributed by atoms with E-state index < -0.39 is 0 Å². The van der Waals surface area contributed by atoms with E-state index in [1.807, 2.05) is 0 Å². The zero-order valence-corrected chi connectivity index (χ0v) is 12.0. The van der Waals surface area contributed by atoms with Crippen molar-refractivity contribution in [2.45, 2.75) is 39.7 Å². The van der Waals surface area contributed by atoms with E-state index in [9.17, 15) is 0 Å². The molecule has 0 fully saturated rings. The first kappa shape index (κ1) is 13.7. The summed E-state index contributed by atoms with van der Waals surface area (Å²) in [7, 11) is 0. The lowest BCUT2D eigenvalue weighted by atomic mass is 9.97. The van der Waals surface area contributed by atoms with E-state index in [4.69, 9.17) is 0 Å². The Morgan fingerprint density at radius 2 is 1.81 bits per heavy atom. The Kier molecular flexibility index (Phi) is 6.07. The summed E-state index contributed by atoms with van der Waals surface area (Å²) in [6.07, 6.45) is 2.36. The molecule has 0 bridgehead atoms. The van der Waals surface area contributed by atoms with Gasteiger partial charge in [-0.15, -0.1) is 0 Å². The van der Waals surface area contributed by atoms with Crippen molar-refractivity contribution in [3.8, 4) is 0 Å². The molecular weight excluding hydrogens is 262 g/mol. The molecule has 0 saturated heterocycles. The predicted octanol–water partition coefficient (Wildman–Crippen LogP) is 4.02. The lowest BCUT2D eigenvalue weighted by Crippen LogP contribution is -2.32. The molecule has 1 nitrogen and oxygen atoms in total. The van der Waals surface area contributed by atoms with Gasteiger partial charge in [0.2, 0.25) is 0 Å². The highest BCUT2D eigenvalue weighted by atomic mass is 79.9. The van der Waals surface area contributed by atoms with Crippen LogP contribution in [0, 0.1) is 5.92 Å². The van der Waals surface area contributed by atoms with Gasteiger partial charge < -0.3 is 5.32 Å². The normalized spacial score (nSPS) is 13.1. The third-order valence-electron chi connectivity index (χ3n) is 2.64. The quantitative estimate of drug-likeness (QED) is 0.832. The van der Waals surface area contributed by atoms with Gasteiger partial charge in [-0.2, -0.15) is 0 Å². The topological polar surface area (TPSA) is 12.0 Å². The van der Waals surface area contributed by atoms with Gasteiger partial charge >= 0.3 is 0 Å². The molecule has 1 rings (SSSR count). The lowest BCUT2D eigenvalue weighted by Gasteiger charge is -2.20. The van der Waals surface area contributed by atoms with Crippen LogP contribution in [0.5, 0.6) is 0 Å². The molecule has 1 atom stereocenters. The highest BCUT2D eigenvalue weighted by Gasteiger charge is 2.10. The van der Waals surface area contributed by atoms with E-state index in [0.717, 1.165) is 23.4 Å². The van der Waals surface area contributed by atoms with Crippen LogP contribution in [0.25, 0.3) is 0 Å². The summed E-state index contributed by atoms with van der Waals surface area (Å²) in [5, 5.41) is 3.57. The second-order valence-corrected chi connectivity index (χ2v) is 5.63. The van der Waals surface area contributed by atoms with E-state index in [2.05, 4.69) is 66.3 Å². The molecule has 0 heterocycles. The van der Waals surface area contributed by atoms with Crippen LogP contribution in [-0.2, 0) is 6.42 Å². The zero-order chi connectivity index (χ0) is 12.0. The average molecular weight is 284 g/mol. The van der Waals surface area contributed by atoms with Crippen molar-refractivity contribution >= 4 is 15.9 Å². The number of halogens is 1. The monoisotopic (exact) mass is 283 g/mol. The van der Waals surface area contributed by atoms with Crippen molar-refractivity contribution in [1.29, 1.82) is 0 Å².